The fourth-order valence-corrected chi connectivity index (χ4v) is 1.41. The van der Waals surface area contributed by atoms with Gasteiger partial charge in [0.2, 0.25) is 0 Å². The minimum Gasteiger partial charge on any atom is -0.497 e. The van der Waals surface area contributed by atoms with Gasteiger partial charge in [-0.15, -0.1) is 0 Å². The van der Waals surface area contributed by atoms with Gasteiger partial charge >= 0.3 is 0 Å². The SMILES string of the molecule is COc1ccc2occc(=S)c2c1. The van der Waals surface area contributed by atoms with Gasteiger partial charge in [-0.25, -0.2) is 0 Å². The summed E-state index contributed by atoms with van der Waals surface area (Å²) in [7, 11) is 1.63. The molecule has 1 heterocycles. The molecule has 0 aliphatic heterocycles. The molecule has 0 amide bonds. The van der Waals surface area contributed by atoms with Crippen molar-refractivity contribution in [2.45, 2.75) is 0 Å². The van der Waals surface area contributed by atoms with E-state index in [0.29, 0.717) is 0 Å². The van der Waals surface area contributed by atoms with E-state index in [1.807, 2.05) is 18.2 Å². The van der Waals surface area contributed by atoms with E-state index in [4.69, 9.17) is 21.4 Å². The highest BCUT2D eigenvalue weighted by atomic mass is 32.1. The third kappa shape index (κ3) is 1.42. The standard InChI is InChI=1S/C10H8O2S/c1-11-7-2-3-9-8(6-7)10(13)4-5-12-9/h2-6H,1H3. The molecule has 0 saturated carbocycles. The maximum Gasteiger partial charge on any atom is 0.135 e. The van der Waals surface area contributed by atoms with Gasteiger partial charge in [0.25, 0.3) is 0 Å². The van der Waals surface area contributed by atoms with E-state index in [0.717, 1.165) is 21.2 Å². The van der Waals surface area contributed by atoms with Crippen LogP contribution in [0.1, 0.15) is 0 Å². The number of benzene rings is 1. The first-order chi connectivity index (χ1) is 6.31. The number of fused-ring (bicyclic) bond motifs is 1. The Balaban J connectivity index is 2.82. The van der Waals surface area contributed by atoms with Crippen LogP contribution in [0.15, 0.2) is 34.9 Å². The smallest absolute Gasteiger partial charge is 0.135 e. The molecule has 0 N–H and O–H groups in total. The minimum atomic E-state index is 0.778. The zero-order valence-electron chi connectivity index (χ0n) is 7.11. The summed E-state index contributed by atoms with van der Waals surface area (Å²) in [5.74, 6) is 0.792. The summed E-state index contributed by atoms with van der Waals surface area (Å²) in [5, 5.41) is 0.914. The molecule has 2 nitrogen and oxygen atoms in total. The molecular formula is C10H8O2S. The zero-order valence-corrected chi connectivity index (χ0v) is 7.93. The van der Waals surface area contributed by atoms with Crippen molar-refractivity contribution in [3.63, 3.8) is 0 Å². The summed E-state index contributed by atoms with van der Waals surface area (Å²) < 4.78 is 11.1. The van der Waals surface area contributed by atoms with Gasteiger partial charge in [-0.1, -0.05) is 12.2 Å². The molecule has 0 fully saturated rings. The molecule has 0 aliphatic carbocycles. The van der Waals surface area contributed by atoms with Gasteiger partial charge in [0, 0.05) is 5.39 Å². The van der Waals surface area contributed by atoms with Crippen molar-refractivity contribution in [2.24, 2.45) is 0 Å². The van der Waals surface area contributed by atoms with Crippen molar-refractivity contribution in [1.29, 1.82) is 0 Å². The highest BCUT2D eigenvalue weighted by Gasteiger charge is 1.98. The highest BCUT2D eigenvalue weighted by Crippen LogP contribution is 2.21. The van der Waals surface area contributed by atoms with Gasteiger partial charge in [-0.3, -0.25) is 0 Å². The molecule has 3 heteroatoms. The summed E-state index contributed by atoms with van der Waals surface area (Å²) in [6, 6.07) is 7.34. The van der Waals surface area contributed by atoms with Crippen molar-refractivity contribution < 1.29 is 9.15 Å². The zero-order chi connectivity index (χ0) is 9.26. The van der Waals surface area contributed by atoms with Gasteiger partial charge in [0.15, 0.2) is 0 Å². The Morgan fingerprint density at radius 3 is 2.92 bits per heavy atom. The predicted octanol–water partition coefficient (Wildman–Crippen LogP) is 3.17. The van der Waals surface area contributed by atoms with E-state index in [9.17, 15) is 0 Å². The number of hydrogen-bond acceptors (Lipinski definition) is 3. The van der Waals surface area contributed by atoms with Crippen molar-refractivity contribution in [3.8, 4) is 5.75 Å². The fourth-order valence-electron chi connectivity index (χ4n) is 1.19. The lowest BCUT2D eigenvalue weighted by Gasteiger charge is -2.00. The Morgan fingerprint density at radius 2 is 2.15 bits per heavy atom. The molecule has 2 rings (SSSR count). The number of rotatable bonds is 1. The first-order valence-corrected chi connectivity index (χ1v) is 4.27. The van der Waals surface area contributed by atoms with Crippen LogP contribution in [0.5, 0.6) is 5.75 Å². The average molecular weight is 192 g/mol. The van der Waals surface area contributed by atoms with E-state index < -0.39 is 0 Å². The van der Waals surface area contributed by atoms with Gasteiger partial charge in [0.05, 0.1) is 17.9 Å². The van der Waals surface area contributed by atoms with E-state index in [1.165, 1.54) is 0 Å². The summed E-state index contributed by atoms with van der Waals surface area (Å²) in [6.07, 6.45) is 1.59. The molecule has 1 aromatic carbocycles. The Morgan fingerprint density at radius 1 is 1.31 bits per heavy atom. The van der Waals surface area contributed by atoms with E-state index in [1.54, 1.807) is 19.4 Å². The van der Waals surface area contributed by atoms with Crippen LogP contribution in [-0.4, -0.2) is 7.11 Å². The summed E-state index contributed by atoms with van der Waals surface area (Å²) >= 11 is 5.15. The Labute approximate surface area is 80.8 Å². The second kappa shape index (κ2) is 3.18. The molecule has 0 atom stereocenters. The van der Waals surface area contributed by atoms with Gasteiger partial charge in [-0.2, -0.15) is 0 Å². The maximum absolute atomic E-state index is 5.27. The van der Waals surface area contributed by atoms with Crippen LogP contribution in [0.4, 0.5) is 0 Å². The van der Waals surface area contributed by atoms with Crippen LogP contribution < -0.4 is 4.74 Å². The van der Waals surface area contributed by atoms with Crippen LogP contribution in [0.2, 0.25) is 0 Å². The molecule has 0 radical (unpaired) electrons. The Hall–Kier alpha value is -1.35. The topological polar surface area (TPSA) is 22.4 Å². The molecule has 1 aromatic heterocycles. The largest absolute Gasteiger partial charge is 0.497 e. The van der Waals surface area contributed by atoms with Crippen molar-refractivity contribution in [3.05, 3.63) is 35.0 Å². The number of methoxy groups -OCH3 is 1. The van der Waals surface area contributed by atoms with Crippen molar-refractivity contribution >= 4 is 23.2 Å². The molecule has 13 heavy (non-hydrogen) atoms. The molecule has 2 aromatic rings. The second-order valence-electron chi connectivity index (χ2n) is 2.65. The van der Waals surface area contributed by atoms with Crippen LogP contribution in [0.25, 0.3) is 11.0 Å². The maximum atomic E-state index is 5.27. The third-order valence-electron chi connectivity index (χ3n) is 1.87. The lowest BCUT2D eigenvalue weighted by atomic mass is 10.2. The lowest BCUT2D eigenvalue weighted by molar-refractivity contribution is 0.415. The average Bonchev–Trinajstić information content (AvgIpc) is 2.18. The summed E-state index contributed by atoms with van der Waals surface area (Å²) in [5.41, 5.74) is 0.785. The van der Waals surface area contributed by atoms with Crippen molar-refractivity contribution in [2.75, 3.05) is 7.11 Å². The molecule has 0 aliphatic rings. The van der Waals surface area contributed by atoms with E-state index >= 15 is 0 Å². The number of hydrogen-bond donors (Lipinski definition) is 0. The van der Waals surface area contributed by atoms with Crippen LogP contribution in [0.3, 0.4) is 0 Å². The highest BCUT2D eigenvalue weighted by molar-refractivity contribution is 7.71. The molecule has 0 spiro atoms. The molecule has 0 saturated heterocycles. The normalized spacial score (nSPS) is 10.2. The van der Waals surface area contributed by atoms with Crippen LogP contribution in [0, 0.1) is 4.51 Å². The third-order valence-corrected chi connectivity index (χ3v) is 2.22. The predicted molar refractivity (Wildman–Crippen MR) is 53.6 cm³/mol. The van der Waals surface area contributed by atoms with E-state index in [-0.39, 0.29) is 0 Å². The van der Waals surface area contributed by atoms with E-state index in [2.05, 4.69) is 0 Å². The molecule has 0 bridgehead atoms. The van der Waals surface area contributed by atoms with Gasteiger partial charge < -0.3 is 9.15 Å². The van der Waals surface area contributed by atoms with Crippen LogP contribution in [-0.2, 0) is 0 Å². The molecular weight excluding hydrogens is 184 g/mol. The van der Waals surface area contributed by atoms with Gasteiger partial charge in [0.1, 0.15) is 11.3 Å². The Kier molecular flexibility index (Phi) is 2.02. The Bertz CT molecular complexity index is 487. The first-order valence-electron chi connectivity index (χ1n) is 3.87. The first kappa shape index (κ1) is 8.26. The fraction of sp³-hybridized carbons (Fsp3) is 0.100. The van der Waals surface area contributed by atoms with Crippen LogP contribution >= 0.6 is 12.2 Å². The summed E-state index contributed by atoms with van der Waals surface area (Å²) in [6.45, 7) is 0. The minimum absolute atomic E-state index is 0.778. The number of ether oxygens (including phenoxy) is 1. The molecule has 0 unspecified atom stereocenters. The van der Waals surface area contributed by atoms with Gasteiger partial charge in [-0.05, 0) is 24.3 Å². The quantitative estimate of drug-likeness (QED) is 0.648. The second-order valence-corrected chi connectivity index (χ2v) is 3.09. The lowest BCUT2D eigenvalue weighted by Crippen LogP contribution is -1.82. The van der Waals surface area contributed by atoms with Crippen molar-refractivity contribution in [1.82, 2.24) is 0 Å². The monoisotopic (exact) mass is 192 g/mol. The molecule has 66 valence electrons. The summed E-state index contributed by atoms with van der Waals surface area (Å²) in [4.78, 5) is 0.